The predicted molar refractivity (Wildman–Crippen MR) is 199 cm³/mol. The predicted octanol–water partition coefficient (Wildman–Crippen LogP) is 6.67. The molecule has 3 atom stereocenters. The summed E-state index contributed by atoms with van der Waals surface area (Å²) in [5, 5.41) is 13.5. The van der Waals surface area contributed by atoms with E-state index in [1.807, 2.05) is 75.4 Å². The zero-order valence-corrected chi connectivity index (χ0v) is 29.9. The fraction of sp³-hybridized carbons (Fsp3) is 0.275. The number of aryl methyl sites for hydroxylation is 1. The Labute approximate surface area is 300 Å². The van der Waals surface area contributed by atoms with Crippen LogP contribution in [0.2, 0.25) is 0 Å². The minimum absolute atomic E-state index is 0.0240. The topological polar surface area (TPSA) is 109 Å². The number of benzene rings is 4. The molecule has 0 aliphatic carbocycles. The number of amides is 2. The normalized spacial score (nSPS) is 17.0. The number of carbonyl (C=O) groups excluding carboxylic acids is 2. The molecule has 6 rings (SSSR count). The van der Waals surface area contributed by atoms with Gasteiger partial charge in [-0.2, -0.15) is 0 Å². The highest BCUT2D eigenvalue weighted by Gasteiger charge is 2.49. The highest BCUT2D eigenvalue weighted by Crippen LogP contribution is 2.54. The van der Waals surface area contributed by atoms with Crippen molar-refractivity contribution in [2.45, 2.75) is 61.4 Å². The quantitative estimate of drug-likeness (QED) is 0.132. The van der Waals surface area contributed by atoms with Gasteiger partial charge in [-0.3, -0.25) is 9.59 Å². The van der Waals surface area contributed by atoms with Gasteiger partial charge in [0.2, 0.25) is 11.8 Å². The molecule has 258 valence electrons. The van der Waals surface area contributed by atoms with Crippen LogP contribution in [0, 0.1) is 12.7 Å². The van der Waals surface area contributed by atoms with Gasteiger partial charge in [-0.05, 0) is 49.1 Å². The van der Waals surface area contributed by atoms with E-state index < -0.39 is 45.3 Å². The van der Waals surface area contributed by atoms with Gasteiger partial charge in [0.15, 0.2) is 0 Å². The number of aromatic nitrogens is 1. The molecule has 7 nitrogen and oxygen atoms in total. The summed E-state index contributed by atoms with van der Waals surface area (Å²) >= 11 is 3.03. The summed E-state index contributed by atoms with van der Waals surface area (Å²) in [6.07, 6.45) is -0.834. The minimum Gasteiger partial charge on any atom is -0.391 e. The molecule has 4 N–H and O–H groups in total. The molecule has 1 unspecified atom stereocenters. The van der Waals surface area contributed by atoms with Gasteiger partial charge < -0.3 is 21.1 Å². The third kappa shape index (κ3) is 7.11. The van der Waals surface area contributed by atoms with Crippen molar-refractivity contribution < 1.29 is 19.1 Å². The van der Waals surface area contributed by atoms with Crippen molar-refractivity contribution in [2.75, 3.05) is 6.54 Å². The lowest BCUT2D eigenvalue weighted by Gasteiger charge is -2.44. The number of carbonyl (C=O) groups is 2. The molecular weight excluding hydrogens is 668 g/mol. The Morgan fingerprint density at radius 2 is 1.54 bits per heavy atom. The maximum atomic E-state index is 15.1. The molecule has 1 aliphatic rings. The van der Waals surface area contributed by atoms with E-state index in [0.29, 0.717) is 5.56 Å². The maximum Gasteiger partial charge on any atom is 0.243 e. The zero-order valence-electron chi connectivity index (χ0n) is 28.3. The fourth-order valence-electron chi connectivity index (χ4n) is 6.65. The maximum absolute atomic E-state index is 15.1. The first-order valence-electron chi connectivity index (χ1n) is 16.6. The molecule has 2 amide bonds. The van der Waals surface area contributed by atoms with Gasteiger partial charge in [-0.15, -0.1) is 23.1 Å². The second kappa shape index (κ2) is 14.9. The van der Waals surface area contributed by atoms with Gasteiger partial charge in [-0.1, -0.05) is 103 Å². The fourth-order valence-corrected chi connectivity index (χ4v) is 9.23. The number of hydrogen-bond donors (Lipinski definition) is 3. The van der Waals surface area contributed by atoms with Crippen molar-refractivity contribution >= 4 is 34.9 Å². The number of β-amino-alcohol motifs (C(OH)–C–C–N with tert-alkyl or cyclic N) is 1. The van der Waals surface area contributed by atoms with Crippen LogP contribution in [0.25, 0.3) is 10.4 Å². The Kier molecular flexibility index (Phi) is 10.5. The van der Waals surface area contributed by atoms with E-state index in [1.165, 1.54) is 22.3 Å². The van der Waals surface area contributed by atoms with Crippen molar-refractivity contribution in [1.29, 1.82) is 0 Å². The number of thioether (sulfide) groups is 1. The van der Waals surface area contributed by atoms with Crippen LogP contribution in [0.4, 0.5) is 4.39 Å². The van der Waals surface area contributed by atoms with E-state index in [1.54, 1.807) is 29.4 Å². The van der Waals surface area contributed by atoms with Gasteiger partial charge in [0.1, 0.15) is 11.9 Å². The minimum atomic E-state index is -1.04. The van der Waals surface area contributed by atoms with Crippen LogP contribution in [0.3, 0.4) is 0 Å². The first kappa shape index (κ1) is 35.5. The number of aliphatic hydroxyl groups is 1. The Balaban J connectivity index is 1.24. The SMILES string of the molecule is Cc1ncsc1-c1ccc(CNC(=O)[C@@H]2C[C@@H](O)CN2C(=O)C(N)C(C)(C)SC(c2ccccc2)(c2ccccc2)c2ccccc2)c(F)c1. The first-order valence-corrected chi connectivity index (χ1v) is 18.3. The summed E-state index contributed by atoms with van der Waals surface area (Å²) in [5.74, 6) is -1.35. The molecule has 1 aromatic heterocycles. The van der Waals surface area contributed by atoms with Crippen LogP contribution in [0.5, 0.6) is 0 Å². The summed E-state index contributed by atoms with van der Waals surface area (Å²) in [4.78, 5) is 34.3. The molecule has 0 saturated carbocycles. The molecule has 1 saturated heterocycles. The lowest BCUT2D eigenvalue weighted by Crippen LogP contribution is -2.57. The van der Waals surface area contributed by atoms with Gasteiger partial charge in [-0.25, -0.2) is 9.37 Å². The van der Waals surface area contributed by atoms with Crippen LogP contribution >= 0.6 is 23.1 Å². The molecular formula is C40H41FN4O3S2. The number of rotatable bonds is 11. The van der Waals surface area contributed by atoms with Crippen LogP contribution in [-0.2, 0) is 20.9 Å². The lowest BCUT2D eigenvalue weighted by molar-refractivity contribution is -0.140. The monoisotopic (exact) mass is 708 g/mol. The summed E-state index contributed by atoms with van der Waals surface area (Å²) < 4.78 is 13.5. The average Bonchev–Trinajstić information content (AvgIpc) is 3.75. The molecule has 0 radical (unpaired) electrons. The Morgan fingerprint density at radius 1 is 0.980 bits per heavy atom. The third-order valence-corrected chi connectivity index (χ3v) is 12.1. The van der Waals surface area contributed by atoms with E-state index >= 15 is 4.39 Å². The van der Waals surface area contributed by atoms with Gasteiger partial charge in [0.05, 0.1) is 33.0 Å². The Bertz CT molecular complexity index is 1840. The van der Waals surface area contributed by atoms with Gasteiger partial charge in [0.25, 0.3) is 0 Å². The Hall–Kier alpha value is -4.35. The molecule has 0 bridgehead atoms. The molecule has 5 aromatic rings. The summed E-state index contributed by atoms with van der Waals surface area (Å²) in [6.45, 7) is 5.68. The van der Waals surface area contributed by atoms with Crippen LogP contribution < -0.4 is 11.1 Å². The van der Waals surface area contributed by atoms with Crippen LogP contribution in [0.15, 0.2) is 115 Å². The smallest absolute Gasteiger partial charge is 0.243 e. The first-order chi connectivity index (χ1) is 24.0. The second-order valence-corrected chi connectivity index (χ2v) is 15.9. The van der Waals surface area contributed by atoms with E-state index in [2.05, 4.69) is 46.7 Å². The standard InChI is InChI=1S/C40H41FN4O3S2/c1-26-35(49-25-44-26)27-19-20-28(33(41)21-27)23-43-37(47)34-22-32(46)24-45(34)38(48)36(42)39(2,3)50-40(29-13-7-4-8-14-29,30-15-9-5-10-16-30)31-17-11-6-12-18-31/h4-21,25,32,34,36,46H,22-24,42H2,1-3H3,(H,43,47)/t32-,34+,36?/m1/s1. The molecule has 2 heterocycles. The molecule has 4 aromatic carbocycles. The van der Waals surface area contributed by atoms with Crippen molar-refractivity contribution in [3.8, 4) is 10.4 Å². The van der Waals surface area contributed by atoms with Crippen molar-refractivity contribution in [3.63, 3.8) is 0 Å². The largest absolute Gasteiger partial charge is 0.391 e. The van der Waals surface area contributed by atoms with Crippen LogP contribution in [0.1, 0.15) is 48.2 Å². The molecule has 50 heavy (non-hydrogen) atoms. The number of thiazole rings is 1. The number of nitrogens with two attached hydrogens (primary N) is 1. The molecule has 10 heteroatoms. The number of halogens is 1. The summed E-state index contributed by atoms with van der Waals surface area (Å²) in [7, 11) is 0. The van der Waals surface area contributed by atoms with Crippen LogP contribution in [-0.4, -0.2) is 56.3 Å². The number of nitrogens with one attached hydrogen (secondary N) is 1. The number of hydrogen-bond acceptors (Lipinski definition) is 7. The van der Waals surface area contributed by atoms with E-state index in [0.717, 1.165) is 32.8 Å². The van der Waals surface area contributed by atoms with Gasteiger partial charge in [0, 0.05) is 29.8 Å². The zero-order chi connectivity index (χ0) is 35.5. The lowest BCUT2D eigenvalue weighted by atomic mass is 9.84. The third-order valence-electron chi connectivity index (χ3n) is 9.35. The molecule has 1 fully saturated rings. The second-order valence-electron chi connectivity index (χ2n) is 13.1. The summed E-state index contributed by atoms with van der Waals surface area (Å²) in [6, 6.07) is 33.4. The van der Waals surface area contributed by atoms with Gasteiger partial charge >= 0.3 is 0 Å². The van der Waals surface area contributed by atoms with Crippen molar-refractivity contribution in [3.05, 3.63) is 148 Å². The number of likely N-dealkylation sites (tertiary alicyclic amines) is 1. The highest BCUT2D eigenvalue weighted by molar-refractivity contribution is 8.02. The van der Waals surface area contributed by atoms with Crippen molar-refractivity contribution in [2.24, 2.45) is 5.73 Å². The van der Waals surface area contributed by atoms with E-state index in [-0.39, 0.29) is 19.5 Å². The molecule has 0 spiro atoms. The van der Waals surface area contributed by atoms with E-state index in [4.69, 9.17) is 5.73 Å². The highest BCUT2D eigenvalue weighted by atomic mass is 32.2. The average molecular weight is 709 g/mol. The summed E-state index contributed by atoms with van der Waals surface area (Å²) in [5.41, 5.74) is 13.6. The van der Waals surface area contributed by atoms with E-state index in [9.17, 15) is 14.7 Å². The van der Waals surface area contributed by atoms with Crippen molar-refractivity contribution in [1.82, 2.24) is 15.2 Å². The number of aliphatic hydroxyl groups excluding tert-OH is 1. The number of nitrogens with zero attached hydrogens (tertiary/aromatic N) is 2. The molecule has 1 aliphatic heterocycles. The Morgan fingerprint density at radius 3 is 2.04 bits per heavy atom.